The van der Waals surface area contributed by atoms with Crippen molar-refractivity contribution in [1.82, 2.24) is 14.7 Å². The fourth-order valence-electron chi connectivity index (χ4n) is 3.62. The van der Waals surface area contributed by atoms with Gasteiger partial charge < -0.3 is 4.90 Å². The van der Waals surface area contributed by atoms with E-state index in [1.165, 1.54) is 0 Å². The van der Waals surface area contributed by atoms with E-state index in [1.807, 2.05) is 26.8 Å². The highest BCUT2D eigenvalue weighted by Gasteiger charge is 2.34. The first kappa shape index (κ1) is 22.1. The molecule has 1 unspecified atom stereocenters. The van der Waals surface area contributed by atoms with Crippen LogP contribution >= 0.6 is 0 Å². The summed E-state index contributed by atoms with van der Waals surface area (Å²) in [4.78, 5) is 27.2. The maximum Gasteiger partial charge on any atom is 0.285 e. The van der Waals surface area contributed by atoms with Gasteiger partial charge in [0, 0.05) is 12.6 Å². The lowest BCUT2D eigenvalue weighted by Gasteiger charge is -2.28. The molecular weight excluding hydrogens is 380 g/mol. The molecule has 1 aromatic rings. The van der Waals surface area contributed by atoms with Crippen molar-refractivity contribution in [3.05, 3.63) is 27.2 Å². The van der Waals surface area contributed by atoms with Crippen molar-refractivity contribution in [2.24, 2.45) is 0 Å². The van der Waals surface area contributed by atoms with Crippen LogP contribution < -0.4 is 5.56 Å². The number of unbranched alkanes of at least 4 members (excludes halogenated alkanes) is 1. The number of aryl methyl sites for hydroxylation is 1. The van der Waals surface area contributed by atoms with Gasteiger partial charge in [0.15, 0.2) is 9.84 Å². The largest absolute Gasteiger partial charge is 0.337 e. The molecular formula is C19H28N4O4S. The highest BCUT2D eigenvalue weighted by atomic mass is 32.2. The summed E-state index contributed by atoms with van der Waals surface area (Å²) < 4.78 is 24.8. The lowest BCUT2D eigenvalue weighted by Crippen LogP contribution is -2.45. The van der Waals surface area contributed by atoms with E-state index in [1.54, 1.807) is 4.90 Å². The van der Waals surface area contributed by atoms with Crippen molar-refractivity contribution < 1.29 is 13.2 Å². The Morgan fingerprint density at radius 2 is 2.04 bits per heavy atom. The summed E-state index contributed by atoms with van der Waals surface area (Å²) >= 11 is 0. The van der Waals surface area contributed by atoms with Gasteiger partial charge >= 0.3 is 0 Å². The molecule has 9 heteroatoms. The molecule has 0 aliphatic carbocycles. The minimum absolute atomic E-state index is 0.0331. The van der Waals surface area contributed by atoms with Crippen LogP contribution in [0.3, 0.4) is 0 Å². The van der Waals surface area contributed by atoms with Gasteiger partial charge in [-0.1, -0.05) is 27.2 Å². The molecule has 1 atom stereocenters. The zero-order valence-electron chi connectivity index (χ0n) is 16.8. The summed E-state index contributed by atoms with van der Waals surface area (Å²) in [6, 6.07) is 1.59. The van der Waals surface area contributed by atoms with Crippen molar-refractivity contribution in [2.45, 2.75) is 65.5 Å². The predicted octanol–water partition coefficient (Wildman–Crippen LogP) is 1.06. The van der Waals surface area contributed by atoms with E-state index in [4.69, 9.17) is 0 Å². The van der Waals surface area contributed by atoms with Crippen molar-refractivity contribution in [2.75, 3.05) is 18.1 Å². The molecule has 0 radical (unpaired) electrons. The Kier molecular flexibility index (Phi) is 7.35. The number of hydrogen-bond acceptors (Lipinski definition) is 6. The smallest absolute Gasteiger partial charge is 0.285 e. The number of aromatic nitrogens is 2. The van der Waals surface area contributed by atoms with Crippen LogP contribution in [0.15, 0.2) is 4.79 Å². The Labute approximate surface area is 166 Å². The van der Waals surface area contributed by atoms with Crippen LogP contribution in [0.25, 0.3) is 0 Å². The molecule has 154 valence electrons. The molecule has 1 aromatic heterocycles. The minimum Gasteiger partial charge on any atom is -0.337 e. The highest BCUT2D eigenvalue weighted by molar-refractivity contribution is 7.91. The molecule has 1 fully saturated rings. The Morgan fingerprint density at radius 1 is 1.32 bits per heavy atom. The second kappa shape index (κ2) is 9.32. The van der Waals surface area contributed by atoms with E-state index in [-0.39, 0.29) is 35.6 Å². The molecule has 2 rings (SSSR count). The van der Waals surface area contributed by atoms with Gasteiger partial charge in [-0.2, -0.15) is 10.4 Å². The van der Waals surface area contributed by atoms with E-state index >= 15 is 0 Å². The first-order valence-corrected chi connectivity index (χ1v) is 11.6. The van der Waals surface area contributed by atoms with Gasteiger partial charge in [-0.3, -0.25) is 9.59 Å². The molecule has 1 aliphatic rings. The van der Waals surface area contributed by atoms with Crippen LogP contribution in [-0.4, -0.2) is 53.1 Å². The summed E-state index contributed by atoms with van der Waals surface area (Å²) in [5, 5.41) is 13.7. The van der Waals surface area contributed by atoms with Crippen molar-refractivity contribution >= 4 is 15.7 Å². The quantitative estimate of drug-likeness (QED) is 0.635. The van der Waals surface area contributed by atoms with Gasteiger partial charge in [0.1, 0.15) is 18.2 Å². The maximum atomic E-state index is 13.0. The Hall–Kier alpha value is -2.21. The number of nitrogens with zero attached hydrogens (tertiary/aromatic N) is 4. The van der Waals surface area contributed by atoms with Crippen LogP contribution in [-0.2, 0) is 34.0 Å². The third-order valence-corrected chi connectivity index (χ3v) is 6.90. The zero-order chi connectivity index (χ0) is 20.9. The van der Waals surface area contributed by atoms with Crippen molar-refractivity contribution in [3.8, 4) is 6.07 Å². The van der Waals surface area contributed by atoms with E-state index in [0.717, 1.165) is 17.5 Å². The molecule has 1 saturated heterocycles. The molecule has 0 aromatic carbocycles. The number of carbonyl (C=O) groups is 1. The molecule has 0 saturated carbocycles. The lowest BCUT2D eigenvalue weighted by atomic mass is 10.0. The van der Waals surface area contributed by atoms with Gasteiger partial charge in [0.05, 0.1) is 17.2 Å². The molecule has 1 aliphatic heterocycles. The van der Waals surface area contributed by atoms with E-state index in [9.17, 15) is 23.3 Å². The molecule has 0 bridgehead atoms. The minimum atomic E-state index is -3.13. The van der Waals surface area contributed by atoms with Crippen LogP contribution in [0, 0.1) is 11.3 Å². The monoisotopic (exact) mass is 408 g/mol. The van der Waals surface area contributed by atoms with Crippen LogP contribution in [0.1, 0.15) is 56.9 Å². The standard InChI is InChI=1S/C19H28N4O4S/c1-4-7-9-22(14-8-10-28(26,27)13-14)18(24)12-23-19(25)16(11-20)15(5-2)17(6-3)21-23/h14H,4-10,12-13H2,1-3H3. The Bertz CT molecular complexity index is 930. The van der Waals surface area contributed by atoms with Gasteiger partial charge in [0.2, 0.25) is 5.91 Å². The number of hydrogen-bond donors (Lipinski definition) is 0. The van der Waals surface area contributed by atoms with Crippen LogP contribution in [0.5, 0.6) is 0 Å². The zero-order valence-corrected chi connectivity index (χ0v) is 17.6. The summed E-state index contributed by atoms with van der Waals surface area (Å²) in [5.41, 5.74) is 0.725. The predicted molar refractivity (Wildman–Crippen MR) is 106 cm³/mol. The van der Waals surface area contributed by atoms with Crippen LogP contribution in [0.4, 0.5) is 0 Å². The molecule has 0 N–H and O–H groups in total. The summed E-state index contributed by atoms with van der Waals surface area (Å²) in [6.07, 6.45) is 3.10. The average molecular weight is 409 g/mol. The molecule has 1 amide bonds. The SMILES string of the molecule is CCCCN(C(=O)Cn1nc(CC)c(CC)c(C#N)c1=O)C1CCS(=O)(=O)C1. The first-order valence-electron chi connectivity index (χ1n) is 9.80. The summed E-state index contributed by atoms with van der Waals surface area (Å²) in [5.74, 6) is -0.293. The first-order chi connectivity index (χ1) is 13.3. The van der Waals surface area contributed by atoms with Gasteiger partial charge in [0.25, 0.3) is 5.56 Å². The maximum absolute atomic E-state index is 13.0. The molecule has 0 spiro atoms. The van der Waals surface area contributed by atoms with Gasteiger partial charge in [-0.05, 0) is 31.2 Å². The topological polar surface area (TPSA) is 113 Å². The highest BCUT2D eigenvalue weighted by Crippen LogP contribution is 2.19. The summed E-state index contributed by atoms with van der Waals surface area (Å²) in [7, 11) is -3.13. The number of rotatable bonds is 8. The fraction of sp³-hybridized carbons (Fsp3) is 0.684. The van der Waals surface area contributed by atoms with E-state index in [0.29, 0.717) is 37.1 Å². The Morgan fingerprint density at radius 3 is 2.54 bits per heavy atom. The second-order valence-corrected chi connectivity index (χ2v) is 9.31. The number of carbonyl (C=O) groups excluding carboxylic acids is 1. The molecule has 28 heavy (non-hydrogen) atoms. The normalized spacial score (nSPS) is 18.0. The second-order valence-electron chi connectivity index (χ2n) is 7.08. The third-order valence-electron chi connectivity index (χ3n) is 5.15. The van der Waals surface area contributed by atoms with E-state index in [2.05, 4.69) is 5.10 Å². The Balaban J connectivity index is 2.35. The van der Waals surface area contributed by atoms with Gasteiger partial charge in [-0.15, -0.1) is 0 Å². The number of amides is 1. The summed E-state index contributed by atoms with van der Waals surface area (Å²) in [6.45, 7) is 5.90. The number of sulfone groups is 1. The lowest BCUT2D eigenvalue weighted by molar-refractivity contribution is -0.134. The average Bonchev–Trinajstić information content (AvgIpc) is 3.02. The van der Waals surface area contributed by atoms with E-state index < -0.39 is 15.4 Å². The fourth-order valence-corrected chi connectivity index (χ4v) is 5.35. The number of nitriles is 1. The van der Waals surface area contributed by atoms with Crippen LogP contribution in [0.2, 0.25) is 0 Å². The van der Waals surface area contributed by atoms with Gasteiger partial charge in [-0.25, -0.2) is 13.1 Å². The van der Waals surface area contributed by atoms with Crippen molar-refractivity contribution in [1.29, 1.82) is 5.26 Å². The third kappa shape index (κ3) is 4.79. The van der Waals surface area contributed by atoms with Crippen molar-refractivity contribution in [3.63, 3.8) is 0 Å². The molecule has 8 nitrogen and oxygen atoms in total. The molecule has 2 heterocycles.